The number of aliphatic carboxylic acids is 1. The lowest BCUT2D eigenvalue weighted by Crippen LogP contribution is -2.54. The van der Waals surface area contributed by atoms with E-state index in [0.29, 0.717) is 49.7 Å². The van der Waals surface area contributed by atoms with Crippen LogP contribution in [-0.4, -0.2) is 182 Å². The summed E-state index contributed by atoms with van der Waals surface area (Å²) in [5.74, 6) is -3.61. The van der Waals surface area contributed by atoms with E-state index in [1.807, 2.05) is 44.2 Å². The number of ketones is 2. The van der Waals surface area contributed by atoms with Crippen LogP contribution in [0, 0.1) is 17.8 Å². The monoisotopic (exact) mass is 1210 g/mol. The molecule has 0 unspecified atom stereocenters. The van der Waals surface area contributed by atoms with Gasteiger partial charge in [-0.05, 0) is 97.2 Å². The van der Waals surface area contributed by atoms with Gasteiger partial charge in [0.05, 0.1) is 31.9 Å². The molecule has 4 fully saturated rings. The minimum absolute atomic E-state index is 0.00413. The molecule has 19 nitrogen and oxygen atoms in total. The molecule has 0 aromatic heterocycles. The van der Waals surface area contributed by atoms with Crippen LogP contribution in [-0.2, 0) is 51.3 Å². The van der Waals surface area contributed by atoms with E-state index in [0.717, 1.165) is 76.7 Å². The summed E-state index contributed by atoms with van der Waals surface area (Å²) in [4.78, 5) is 110. The summed E-state index contributed by atoms with van der Waals surface area (Å²) in [5.41, 5.74) is 6.18. The van der Waals surface area contributed by atoms with E-state index >= 15 is 0 Å². The highest BCUT2D eigenvalue weighted by molar-refractivity contribution is 9.09. The summed E-state index contributed by atoms with van der Waals surface area (Å²) >= 11 is 3.21. The summed E-state index contributed by atoms with van der Waals surface area (Å²) in [6.07, 6.45) is 1.52. The van der Waals surface area contributed by atoms with E-state index in [1.54, 1.807) is 26.0 Å². The predicted octanol–water partition coefficient (Wildman–Crippen LogP) is 7.59. The van der Waals surface area contributed by atoms with Crippen molar-refractivity contribution < 1.29 is 57.7 Å². The van der Waals surface area contributed by atoms with E-state index in [4.69, 9.17) is 9.84 Å². The first-order chi connectivity index (χ1) is 39.9. The number of piperazine rings is 2. The van der Waals surface area contributed by atoms with Crippen molar-refractivity contribution in [2.45, 2.75) is 91.0 Å². The highest BCUT2D eigenvalue weighted by Crippen LogP contribution is 2.27. The number of benzene rings is 4. The molecule has 2 N–H and O–H groups in total. The first-order valence-corrected chi connectivity index (χ1v) is 29.8. The fourth-order valence-electron chi connectivity index (χ4n) is 10.6. The molecule has 4 saturated heterocycles. The Bertz CT molecular complexity index is 2750. The molecule has 8 rings (SSSR count). The maximum atomic E-state index is 13.1. The van der Waals surface area contributed by atoms with Gasteiger partial charge in [0.15, 0.2) is 18.2 Å². The zero-order valence-corrected chi connectivity index (χ0v) is 50.4. The number of rotatable bonds is 20. The number of likely N-dealkylation sites (tertiary alicyclic amines) is 2. The molecule has 0 spiro atoms. The number of anilines is 2. The third-order valence-corrected chi connectivity index (χ3v) is 16.1. The Labute approximate surface area is 496 Å². The molecule has 0 bridgehead atoms. The molecule has 4 atom stereocenters. The molecule has 0 radical (unpaired) electrons. The van der Waals surface area contributed by atoms with Crippen molar-refractivity contribution >= 4 is 74.7 Å². The number of esters is 2. The molecular weight excluding hydrogens is 1130 g/mol. The van der Waals surface area contributed by atoms with E-state index in [-0.39, 0.29) is 41.6 Å². The van der Waals surface area contributed by atoms with Gasteiger partial charge in [0.2, 0.25) is 11.8 Å². The Balaban J connectivity index is 0.000000221. The smallest absolute Gasteiger partial charge is 0.407 e. The number of alkyl halides is 1. The van der Waals surface area contributed by atoms with Crippen molar-refractivity contribution in [1.82, 2.24) is 24.9 Å². The summed E-state index contributed by atoms with van der Waals surface area (Å²) in [5, 5.41) is 12.0. The van der Waals surface area contributed by atoms with Gasteiger partial charge in [-0.2, -0.15) is 0 Å². The Morgan fingerprint density at radius 1 is 0.566 bits per heavy atom. The van der Waals surface area contributed by atoms with Gasteiger partial charge in [-0.1, -0.05) is 104 Å². The van der Waals surface area contributed by atoms with Gasteiger partial charge < -0.3 is 44.2 Å². The molecule has 0 saturated carbocycles. The molecular formula is C63H82BrN7O12. The Hall–Kier alpha value is -7.16. The number of carbonyl (C=O) groups is 8. The van der Waals surface area contributed by atoms with Gasteiger partial charge in [0.1, 0.15) is 18.1 Å². The normalized spacial score (nSPS) is 18.0. The number of nitrogens with one attached hydrogen (secondary N) is 1. The molecule has 4 heterocycles. The van der Waals surface area contributed by atoms with Gasteiger partial charge in [-0.25, -0.2) is 14.4 Å². The summed E-state index contributed by atoms with van der Waals surface area (Å²) in [7, 11) is 2.51. The number of hydrogen-bond donors (Lipinski definition) is 2. The fourth-order valence-corrected chi connectivity index (χ4v) is 11.0. The van der Waals surface area contributed by atoms with Crippen molar-refractivity contribution in [2.24, 2.45) is 17.8 Å². The van der Waals surface area contributed by atoms with Crippen LogP contribution >= 0.6 is 15.9 Å². The topological polar surface area (TPSA) is 216 Å². The number of nitrogens with zero attached hydrogens (tertiary/aromatic N) is 6. The molecule has 4 aromatic rings. The summed E-state index contributed by atoms with van der Waals surface area (Å²) in [6.45, 7) is 17.6. The van der Waals surface area contributed by atoms with Gasteiger partial charge in [0.25, 0.3) is 0 Å². The SMILES string of the molecule is COC(=O)C[C@H](C(=O)N1CCC[C@H]1C(=O)O)C(C)C.COC(=O)N[C@H](C(=O)N1CCC[C@H]1C(=O)OCC(=O)c1ccc(N2CCN(Cc3ccccc3)CC2)cc1)C(C)C.O=C(CBr)c1ccc(N2CCN(Cc3ccccc3)CC2)cc1. The van der Waals surface area contributed by atoms with E-state index < -0.39 is 54.7 Å². The third-order valence-electron chi connectivity index (χ3n) is 15.6. The molecule has 3 amide bonds. The standard InChI is InChI=1S/C31H40N4O6.C19H21BrN2O.C13H21NO5/c1-22(2)28(32-31(39)40-3)29(37)35-15-7-10-26(35)30(38)41-21-27(36)24-11-13-25(14-12-24)34-18-16-33(17-19-34)20-23-8-5-4-6-9-23;20-14-19(23)17-6-8-18(9-7-17)22-12-10-21(11-13-22)15-16-4-2-1-3-5-16;1-8(2)9(7-11(15)19-3)12(16)14-6-4-5-10(14)13(17)18/h4-6,8-9,11-14,22,26,28H,7,10,15-21H2,1-3H3,(H,32,39);1-9H,10-15H2;8-10H,4-7H2,1-3H3,(H,17,18)/t26-,28-;;9-,10-/m0.0/s1. The number of ether oxygens (including phenoxy) is 3. The quantitative estimate of drug-likeness (QED) is 0.0377. The number of carboxylic acid groups (broad SMARTS) is 1. The number of carboxylic acids is 1. The van der Waals surface area contributed by atoms with Crippen LogP contribution in [0.25, 0.3) is 0 Å². The Morgan fingerprint density at radius 2 is 1.02 bits per heavy atom. The van der Waals surface area contributed by atoms with Crippen LogP contribution in [0.15, 0.2) is 109 Å². The van der Waals surface area contributed by atoms with Crippen molar-refractivity contribution in [1.29, 1.82) is 0 Å². The number of halogens is 1. The number of methoxy groups -OCH3 is 2. The van der Waals surface area contributed by atoms with Crippen molar-refractivity contribution in [3.8, 4) is 0 Å². The van der Waals surface area contributed by atoms with Crippen LogP contribution in [0.3, 0.4) is 0 Å². The van der Waals surface area contributed by atoms with Gasteiger partial charge in [-0.3, -0.25) is 33.8 Å². The fraction of sp³-hybridized carbons (Fsp3) is 0.492. The lowest BCUT2D eigenvalue weighted by molar-refractivity contribution is -0.153. The molecule has 20 heteroatoms. The second-order valence-corrected chi connectivity index (χ2v) is 22.4. The zero-order valence-electron chi connectivity index (χ0n) is 48.8. The van der Waals surface area contributed by atoms with Crippen molar-refractivity contribution in [3.05, 3.63) is 131 Å². The Morgan fingerprint density at radius 3 is 1.45 bits per heavy atom. The van der Waals surface area contributed by atoms with Crippen LogP contribution in [0.5, 0.6) is 0 Å². The second kappa shape index (κ2) is 32.6. The molecule has 4 aromatic carbocycles. The first kappa shape index (κ1) is 65.0. The van der Waals surface area contributed by atoms with Crippen molar-refractivity contribution in [2.75, 3.05) is 101 Å². The van der Waals surface area contributed by atoms with Gasteiger partial charge in [-0.15, -0.1) is 0 Å². The molecule has 4 aliphatic rings. The van der Waals surface area contributed by atoms with Crippen LogP contribution < -0.4 is 15.1 Å². The summed E-state index contributed by atoms with van der Waals surface area (Å²) in [6, 6.07) is 34.1. The van der Waals surface area contributed by atoms with E-state index in [9.17, 15) is 38.4 Å². The lowest BCUT2D eigenvalue weighted by Gasteiger charge is -2.36. The number of amides is 3. The third kappa shape index (κ3) is 19.2. The lowest BCUT2D eigenvalue weighted by atomic mass is 9.91. The minimum atomic E-state index is -0.980. The first-order valence-electron chi connectivity index (χ1n) is 28.7. The van der Waals surface area contributed by atoms with Crippen LogP contribution in [0.4, 0.5) is 16.2 Å². The highest BCUT2D eigenvalue weighted by Gasteiger charge is 2.41. The zero-order chi connectivity index (χ0) is 60.0. The predicted molar refractivity (Wildman–Crippen MR) is 320 cm³/mol. The van der Waals surface area contributed by atoms with E-state index in [2.05, 4.69) is 117 Å². The highest BCUT2D eigenvalue weighted by atomic mass is 79.9. The Kier molecular flexibility index (Phi) is 25.5. The van der Waals surface area contributed by atoms with Crippen LogP contribution in [0.2, 0.25) is 0 Å². The number of alkyl carbamates (subject to hydrolysis) is 1. The summed E-state index contributed by atoms with van der Waals surface area (Å²) < 4.78 is 14.6. The maximum absolute atomic E-state index is 13.1. The molecule has 0 aliphatic carbocycles. The van der Waals surface area contributed by atoms with Gasteiger partial charge in [0, 0.05) is 101 Å². The maximum Gasteiger partial charge on any atom is 0.407 e. The molecule has 83 heavy (non-hydrogen) atoms. The molecule has 4 aliphatic heterocycles. The average molecular weight is 1210 g/mol. The van der Waals surface area contributed by atoms with Gasteiger partial charge >= 0.3 is 24.0 Å². The minimum Gasteiger partial charge on any atom is -0.480 e. The number of Topliss-reactive ketones (excluding diaryl/α,β-unsaturated/α-hetero) is 2. The van der Waals surface area contributed by atoms with Crippen molar-refractivity contribution in [3.63, 3.8) is 0 Å². The molecule has 448 valence electrons. The average Bonchev–Trinajstić information content (AvgIpc) is 4.25. The largest absolute Gasteiger partial charge is 0.480 e. The van der Waals surface area contributed by atoms with Crippen LogP contribution in [0.1, 0.15) is 91.6 Å². The number of hydrogen-bond acceptors (Lipinski definition) is 15. The van der Waals surface area contributed by atoms with E-state index in [1.165, 1.54) is 40.8 Å². The second-order valence-electron chi connectivity index (χ2n) is 21.9. The number of carbonyl (C=O) groups excluding carboxylic acids is 7.